The van der Waals surface area contributed by atoms with Crippen molar-refractivity contribution < 1.29 is 9.53 Å². The number of hydrogen-bond acceptors (Lipinski definition) is 7. The molecule has 0 saturated carbocycles. The lowest BCUT2D eigenvalue weighted by Crippen LogP contribution is -2.16. The Labute approximate surface area is 139 Å². The molecule has 0 aliphatic carbocycles. The van der Waals surface area contributed by atoms with Crippen LogP contribution in [0.2, 0.25) is 0 Å². The normalized spacial score (nSPS) is 10.5. The minimum absolute atomic E-state index is 0.319. The molecule has 0 aliphatic rings. The highest BCUT2D eigenvalue weighted by Gasteiger charge is 2.14. The van der Waals surface area contributed by atoms with Crippen LogP contribution >= 0.6 is 0 Å². The molecule has 0 unspecified atom stereocenters. The number of nitrogen functional groups attached to an aromatic ring is 1. The summed E-state index contributed by atoms with van der Waals surface area (Å²) in [6.07, 6.45) is 0. The average Bonchev–Trinajstić information content (AvgIpc) is 2.65. The van der Waals surface area contributed by atoms with E-state index in [9.17, 15) is 4.79 Å². The molecule has 24 heavy (non-hydrogen) atoms. The van der Waals surface area contributed by atoms with Crippen LogP contribution in [-0.4, -0.2) is 30.1 Å². The molecule has 0 saturated heterocycles. The van der Waals surface area contributed by atoms with Crippen molar-refractivity contribution in [2.24, 2.45) is 5.84 Å². The topological polar surface area (TPSA) is 93.4 Å². The molecule has 0 atom stereocenters. The first-order valence-corrected chi connectivity index (χ1v) is 7.29. The number of esters is 1. The summed E-state index contributed by atoms with van der Waals surface area (Å²) >= 11 is 0. The largest absolute Gasteiger partial charge is 0.465 e. The number of methoxy groups -OCH3 is 1. The highest BCUT2D eigenvalue weighted by atomic mass is 16.5. The van der Waals surface area contributed by atoms with Gasteiger partial charge in [-0.15, -0.1) is 0 Å². The van der Waals surface area contributed by atoms with Crippen LogP contribution in [0.15, 0.2) is 48.5 Å². The molecule has 1 heterocycles. The van der Waals surface area contributed by atoms with Crippen molar-refractivity contribution in [2.45, 2.75) is 0 Å². The van der Waals surface area contributed by atoms with E-state index in [1.165, 1.54) is 7.11 Å². The maximum atomic E-state index is 11.7. The monoisotopic (exact) mass is 323 g/mol. The van der Waals surface area contributed by atoms with Crippen molar-refractivity contribution in [1.29, 1.82) is 0 Å². The summed E-state index contributed by atoms with van der Waals surface area (Å²) in [6.45, 7) is 0. The second kappa shape index (κ2) is 6.51. The predicted molar refractivity (Wildman–Crippen MR) is 93.2 cm³/mol. The number of rotatable bonds is 4. The molecule has 0 fully saturated rings. The minimum atomic E-state index is -0.387. The van der Waals surface area contributed by atoms with E-state index in [0.717, 1.165) is 16.6 Å². The molecular weight excluding hydrogens is 306 g/mol. The number of benzene rings is 2. The summed E-state index contributed by atoms with van der Waals surface area (Å²) in [7, 11) is 3.22. The molecule has 0 amide bonds. The standard InChI is InChI=1S/C17H17N5O2/c1-22(12-7-5-6-11(10-12)16(23)24-2)15-13-8-3-4-9-14(13)19-17(20-15)21-18/h3-10H,18H2,1-2H3,(H,19,20,21). The van der Waals surface area contributed by atoms with Gasteiger partial charge < -0.3 is 9.64 Å². The average molecular weight is 323 g/mol. The number of hydrogen-bond donors (Lipinski definition) is 2. The van der Waals surface area contributed by atoms with Crippen LogP contribution in [0.25, 0.3) is 10.9 Å². The van der Waals surface area contributed by atoms with Gasteiger partial charge in [-0.1, -0.05) is 18.2 Å². The zero-order valence-electron chi connectivity index (χ0n) is 13.4. The Hall–Kier alpha value is -3.19. The molecule has 3 aromatic rings. The van der Waals surface area contributed by atoms with Crippen LogP contribution in [0.5, 0.6) is 0 Å². The highest BCUT2D eigenvalue weighted by molar-refractivity contribution is 5.94. The van der Waals surface area contributed by atoms with Gasteiger partial charge in [0, 0.05) is 18.1 Å². The Morgan fingerprint density at radius 2 is 1.96 bits per heavy atom. The van der Waals surface area contributed by atoms with Crippen LogP contribution in [-0.2, 0) is 4.74 Å². The third-order valence-corrected chi connectivity index (χ3v) is 3.68. The van der Waals surface area contributed by atoms with Crippen molar-refractivity contribution in [1.82, 2.24) is 9.97 Å². The number of hydrazine groups is 1. The van der Waals surface area contributed by atoms with Crippen LogP contribution in [0.1, 0.15) is 10.4 Å². The van der Waals surface area contributed by atoms with Crippen molar-refractivity contribution >= 4 is 34.3 Å². The fourth-order valence-electron chi connectivity index (χ4n) is 2.46. The lowest BCUT2D eigenvalue weighted by atomic mass is 10.1. The Balaban J connectivity index is 2.11. The Bertz CT molecular complexity index is 897. The van der Waals surface area contributed by atoms with E-state index in [4.69, 9.17) is 10.6 Å². The second-order valence-electron chi connectivity index (χ2n) is 5.13. The third-order valence-electron chi connectivity index (χ3n) is 3.68. The number of para-hydroxylation sites is 1. The van der Waals surface area contributed by atoms with Gasteiger partial charge in [0.1, 0.15) is 5.82 Å². The van der Waals surface area contributed by atoms with Gasteiger partial charge in [0.2, 0.25) is 5.95 Å². The summed E-state index contributed by atoms with van der Waals surface area (Å²) in [6, 6.07) is 14.8. The molecule has 122 valence electrons. The van der Waals surface area contributed by atoms with E-state index in [1.54, 1.807) is 18.2 Å². The zero-order valence-corrected chi connectivity index (χ0v) is 13.4. The minimum Gasteiger partial charge on any atom is -0.465 e. The Morgan fingerprint density at radius 3 is 2.71 bits per heavy atom. The van der Waals surface area contributed by atoms with E-state index in [1.807, 2.05) is 42.3 Å². The molecule has 3 rings (SSSR count). The van der Waals surface area contributed by atoms with Crippen LogP contribution < -0.4 is 16.2 Å². The van der Waals surface area contributed by atoms with E-state index in [2.05, 4.69) is 15.4 Å². The van der Waals surface area contributed by atoms with Crippen molar-refractivity contribution in [2.75, 3.05) is 24.5 Å². The first kappa shape index (κ1) is 15.7. The van der Waals surface area contributed by atoms with Gasteiger partial charge in [-0.3, -0.25) is 5.43 Å². The number of aromatic nitrogens is 2. The molecule has 7 heteroatoms. The fourth-order valence-corrected chi connectivity index (χ4v) is 2.46. The molecular formula is C17H17N5O2. The van der Waals surface area contributed by atoms with Crippen LogP contribution in [0, 0.1) is 0 Å². The van der Waals surface area contributed by atoms with Crippen LogP contribution in [0.4, 0.5) is 17.5 Å². The zero-order chi connectivity index (χ0) is 17.1. The number of fused-ring (bicyclic) bond motifs is 1. The molecule has 0 aliphatic heterocycles. The van der Waals surface area contributed by atoms with E-state index in [-0.39, 0.29) is 5.97 Å². The maximum Gasteiger partial charge on any atom is 0.337 e. The summed E-state index contributed by atoms with van der Waals surface area (Å²) < 4.78 is 4.77. The SMILES string of the molecule is COC(=O)c1cccc(N(C)c2nc(NN)nc3ccccc23)c1. The van der Waals surface area contributed by atoms with Crippen molar-refractivity contribution in [3.8, 4) is 0 Å². The molecule has 1 aromatic heterocycles. The van der Waals surface area contributed by atoms with Crippen molar-refractivity contribution in [3.05, 3.63) is 54.1 Å². The summed E-state index contributed by atoms with van der Waals surface area (Å²) in [4.78, 5) is 22.4. The number of ether oxygens (including phenoxy) is 1. The number of nitrogens with one attached hydrogen (secondary N) is 1. The Morgan fingerprint density at radius 1 is 1.17 bits per heavy atom. The predicted octanol–water partition coefficient (Wildman–Crippen LogP) is 2.47. The number of carbonyl (C=O) groups excluding carboxylic acids is 1. The van der Waals surface area contributed by atoms with Gasteiger partial charge in [0.15, 0.2) is 0 Å². The Kier molecular flexibility index (Phi) is 4.26. The number of nitrogens with zero attached hydrogens (tertiary/aromatic N) is 3. The number of carbonyl (C=O) groups is 1. The smallest absolute Gasteiger partial charge is 0.337 e. The van der Waals surface area contributed by atoms with Gasteiger partial charge in [0.05, 0.1) is 18.2 Å². The summed E-state index contributed by atoms with van der Waals surface area (Å²) in [5.41, 5.74) is 4.52. The molecule has 0 bridgehead atoms. The molecule has 7 nitrogen and oxygen atoms in total. The van der Waals surface area contributed by atoms with Gasteiger partial charge in [-0.25, -0.2) is 15.6 Å². The van der Waals surface area contributed by atoms with Crippen LogP contribution in [0.3, 0.4) is 0 Å². The van der Waals surface area contributed by atoms with E-state index >= 15 is 0 Å². The van der Waals surface area contributed by atoms with E-state index < -0.39 is 0 Å². The lowest BCUT2D eigenvalue weighted by Gasteiger charge is -2.21. The summed E-state index contributed by atoms with van der Waals surface area (Å²) in [5.74, 6) is 6.08. The van der Waals surface area contributed by atoms with Crippen molar-refractivity contribution in [3.63, 3.8) is 0 Å². The fraction of sp³-hybridized carbons (Fsp3) is 0.118. The first-order valence-electron chi connectivity index (χ1n) is 7.29. The summed E-state index contributed by atoms with van der Waals surface area (Å²) in [5, 5.41) is 0.877. The first-order chi connectivity index (χ1) is 11.6. The quantitative estimate of drug-likeness (QED) is 0.433. The number of anilines is 3. The highest BCUT2D eigenvalue weighted by Crippen LogP contribution is 2.30. The molecule has 0 radical (unpaired) electrons. The van der Waals surface area contributed by atoms with E-state index in [0.29, 0.717) is 17.3 Å². The van der Waals surface area contributed by atoms with Gasteiger partial charge in [-0.05, 0) is 30.3 Å². The van der Waals surface area contributed by atoms with Gasteiger partial charge in [0.25, 0.3) is 0 Å². The lowest BCUT2D eigenvalue weighted by molar-refractivity contribution is 0.0601. The molecule has 3 N–H and O–H groups in total. The van der Waals surface area contributed by atoms with Gasteiger partial charge in [-0.2, -0.15) is 4.98 Å². The number of nitrogens with two attached hydrogens (primary N) is 1. The molecule has 0 spiro atoms. The molecule has 2 aromatic carbocycles. The second-order valence-corrected chi connectivity index (χ2v) is 5.13. The van der Waals surface area contributed by atoms with Gasteiger partial charge >= 0.3 is 5.97 Å². The third kappa shape index (κ3) is 2.84. The maximum absolute atomic E-state index is 11.7.